The van der Waals surface area contributed by atoms with E-state index in [4.69, 9.17) is 4.74 Å². The zero-order valence-electron chi connectivity index (χ0n) is 11.1. The summed E-state index contributed by atoms with van der Waals surface area (Å²) < 4.78 is 9.94. The lowest BCUT2D eigenvalue weighted by molar-refractivity contribution is 0.0855. The van der Waals surface area contributed by atoms with E-state index in [1.165, 1.54) is 5.56 Å². The lowest BCUT2D eigenvalue weighted by atomic mass is 9.91. The van der Waals surface area contributed by atoms with Gasteiger partial charge in [0.25, 0.3) is 0 Å². The Bertz CT molecular complexity index is 681. The van der Waals surface area contributed by atoms with Crippen molar-refractivity contribution in [1.29, 1.82) is 0 Å². The van der Waals surface area contributed by atoms with Gasteiger partial charge in [0.1, 0.15) is 0 Å². The minimum atomic E-state index is 0.0291. The van der Waals surface area contributed by atoms with Gasteiger partial charge in [0.05, 0.1) is 11.0 Å². The van der Waals surface area contributed by atoms with Crippen molar-refractivity contribution in [1.82, 2.24) is 9.13 Å². The molecule has 0 N–H and O–H groups in total. The summed E-state index contributed by atoms with van der Waals surface area (Å²) in [4.78, 5) is 12.1. The van der Waals surface area contributed by atoms with Gasteiger partial charge in [0.15, 0.2) is 0 Å². The largest absolute Gasteiger partial charge is 0.381 e. The molecular formula is C14H17BrN2O2. The summed E-state index contributed by atoms with van der Waals surface area (Å²) in [6.45, 7) is 1.61. The summed E-state index contributed by atoms with van der Waals surface area (Å²) in [5.74, 6) is 0.474. The first kappa shape index (κ1) is 12.9. The van der Waals surface area contributed by atoms with Crippen LogP contribution in [0.4, 0.5) is 0 Å². The molecule has 1 fully saturated rings. The molecule has 4 nitrogen and oxygen atoms in total. The molecule has 1 aliphatic rings. The quantitative estimate of drug-likeness (QED) is 0.808. The molecule has 0 saturated carbocycles. The average molecular weight is 325 g/mol. The van der Waals surface area contributed by atoms with Gasteiger partial charge >= 0.3 is 5.69 Å². The van der Waals surface area contributed by atoms with E-state index >= 15 is 0 Å². The van der Waals surface area contributed by atoms with Gasteiger partial charge in [-0.1, -0.05) is 15.9 Å². The second-order valence-corrected chi connectivity index (χ2v) is 6.07. The van der Waals surface area contributed by atoms with Crippen LogP contribution in [0.5, 0.6) is 0 Å². The van der Waals surface area contributed by atoms with Crippen LogP contribution in [-0.2, 0) is 18.8 Å². The maximum atomic E-state index is 12.1. The number of ether oxygens (including phenoxy) is 1. The third-order valence-corrected chi connectivity index (χ3v) is 4.47. The number of imidazole rings is 1. The summed E-state index contributed by atoms with van der Waals surface area (Å²) in [5.41, 5.74) is 3.33. The van der Waals surface area contributed by atoms with Gasteiger partial charge in [-0.15, -0.1) is 0 Å². The van der Waals surface area contributed by atoms with E-state index in [-0.39, 0.29) is 5.69 Å². The van der Waals surface area contributed by atoms with E-state index in [0.717, 1.165) is 41.6 Å². The summed E-state index contributed by atoms with van der Waals surface area (Å²) in [6.07, 6.45) is 2.04. The maximum Gasteiger partial charge on any atom is 0.328 e. The Balaban J connectivity index is 2.28. The van der Waals surface area contributed by atoms with Crippen molar-refractivity contribution < 1.29 is 4.74 Å². The number of halogens is 1. The van der Waals surface area contributed by atoms with Crippen molar-refractivity contribution in [2.24, 2.45) is 14.1 Å². The molecule has 0 unspecified atom stereocenters. The predicted octanol–water partition coefficient (Wildman–Crippen LogP) is 2.53. The zero-order valence-corrected chi connectivity index (χ0v) is 12.7. The van der Waals surface area contributed by atoms with Crippen molar-refractivity contribution in [3.8, 4) is 0 Å². The van der Waals surface area contributed by atoms with Gasteiger partial charge in [-0.2, -0.15) is 0 Å². The van der Waals surface area contributed by atoms with Gasteiger partial charge < -0.3 is 4.74 Å². The predicted molar refractivity (Wildman–Crippen MR) is 78.7 cm³/mol. The smallest absolute Gasteiger partial charge is 0.328 e. The Labute approximate surface area is 120 Å². The van der Waals surface area contributed by atoms with Crippen LogP contribution in [0, 0.1) is 0 Å². The van der Waals surface area contributed by atoms with Crippen molar-refractivity contribution in [3.05, 3.63) is 32.7 Å². The lowest BCUT2D eigenvalue weighted by Crippen LogP contribution is -2.20. The molecule has 0 aliphatic carbocycles. The number of nitrogens with zero attached hydrogens (tertiary/aromatic N) is 2. The highest BCUT2D eigenvalue weighted by atomic mass is 79.9. The first-order valence-corrected chi connectivity index (χ1v) is 7.31. The molecule has 1 saturated heterocycles. The van der Waals surface area contributed by atoms with E-state index in [2.05, 4.69) is 22.0 Å². The van der Waals surface area contributed by atoms with E-state index in [9.17, 15) is 4.79 Å². The van der Waals surface area contributed by atoms with Gasteiger partial charge in [0.2, 0.25) is 0 Å². The van der Waals surface area contributed by atoms with Crippen LogP contribution in [0.25, 0.3) is 11.0 Å². The summed E-state index contributed by atoms with van der Waals surface area (Å²) >= 11 is 3.56. The highest BCUT2D eigenvalue weighted by Crippen LogP contribution is 2.34. The summed E-state index contributed by atoms with van der Waals surface area (Å²) in [6, 6.07) is 4.16. The van der Waals surface area contributed by atoms with Crippen LogP contribution in [0.15, 0.2) is 21.4 Å². The topological polar surface area (TPSA) is 36.2 Å². The lowest BCUT2D eigenvalue weighted by Gasteiger charge is -2.23. The standard InChI is InChI=1S/C14H17BrN2O2/c1-16-12-8-10(15)7-11(9-3-5-19-6-4-9)13(12)17(2)14(16)18/h7-9H,3-6H2,1-2H3. The van der Waals surface area contributed by atoms with Crippen LogP contribution in [0.2, 0.25) is 0 Å². The van der Waals surface area contributed by atoms with Crippen LogP contribution in [-0.4, -0.2) is 22.3 Å². The number of hydrogen-bond acceptors (Lipinski definition) is 2. The SMILES string of the molecule is Cn1c(=O)n(C)c2c(C3CCOCC3)cc(Br)cc21. The summed E-state index contributed by atoms with van der Waals surface area (Å²) in [7, 11) is 3.67. The molecular weight excluding hydrogens is 308 g/mol. The van der Waals surface area contributed by atoms with Gasteiger partial charge in [-0.05, 0) is 36.5 Å². The van der Waals surface area contributed by atoms with E-state index in [0.29, 0.717) is 5.92 Å². The number of aryl methyl sites for hydroxylation is 2. The van der Waals surface area contributed by atoms with E-state index in [1.54, 1.807) is 9.13 Å². The molecule has 2 heterocycles. The number of benzene rings is 1. The number of fused-ring (bicyclic) bond motifs is 1. The second-order valence-electron chi connectivity index (χ2n) is 5.15. The molecule has 0 radical (unpaired) electrons. The number of hydrogen-bond donors (Lipinski definition) is 0. The third kappa shape index (κ3) is 2.05. The number of aromatic nitrogens is 2. The molecule has 0 amide bonds. The maximum absolute atomic E-state index is 12.1. The van der Waals surface area contributed by atoms with Crippen LogP contribution < -0.4 is 5.69 Å². The molecule has 2 aromatic rings. The Kier molecular flexibility index (Phi) is 3.27. The fourth-order valence-corrected chi connectivity index (χ4v) is 3.43. The van der Waals surface area contributed by atoms with E-state index in [1.807, 2.05) is 20.2 Å². The average Bonchev–Trinajstić information content (AvgIpc) is 2.64. The van der Waals surface area contributed by atoms with E-state index < -0.39 is 0 Å². The molecule has 1 aliphatic heterocycles. The first-order chi connectivity index (χ1) is 9.09. The molecule has 0 spiro atoms. The number of rotatable bonds is 1. The minimum Gasteiger partial charge on any atom is -0.381 e. The molecule has 0 bridgehead atoms. The van der Waals surface area contributed by atoms with Crippen LogP contribution >= 0.6 is 15.9 Å². The third-order valence-electron chi connectivity index (χ3n) is 4.02. The van der Waals surface area contributed by atoms with Gasteiger partial charge in [-0.3, -0.25) is 9.13 Å². The Morgan fingerprint density at radius 3 is 2.58 bits per heavy atom. The summed E-state index contributed by atoms with van der Waals surface area (Å²) in [5, 5.41) is 0. The molecule has 5 heteroatoms. The highest BCUT2D eigenvalue weighted by Gasteiger charge is 2.22. The van der Waals surface area contributed by atoms with Gasteiger partial charge in [-0.25, -0.2) is 4.79 Å². The molecule has 19 heavy (non-hydrogen) atoms. The minimum absolute atomic E-state index is 0.0291. The zero-order chi connectivity index (χ0) is 13.6. The molecule has 0 atom stereocenters. The first-order valence-electron chi connectivity index (χ1n) is 6.52. The van der Waals surface area contributed by atoms with Crippen molar-refractivity contribution >= 4 is 27.0 Å². The Hall–Kier alpha value is -1.07. The molecule has 1 aromatic heterocycles. The Morgan fingerprint density at radius 1 is 1.21 bits per heavy atom. The fraction of sp³-hybridized carbons (Fsp3) is 0.500. The Morgan fingerprint density at radius 2 is 1.89 bits per heavy atom. The van der Waals surface area contributed by atoms with Crippen molar-refractivity contribution in [2.75, 3.05) is 13.2 Å². The highest BCUT2D eigenvalue weighted by molar-refractivity contribution is 9.10. The van der Waals surface area contributed by atoms with Crippen molar-refractivity contribution in [2.45, 2.75) is 18.8 Å². The van der Waals surface area contributed by atoms with Crippen LogP contribution in [0.1, 0.15) is 24.3 Å². The fourth-order valence-electron chi connectivity index (χ4n) is 2.97. The van der Waals surface area contributed by atoms with Gasteiger partial charge in [0, 0.05) is 31.8 Å². The molecule has 1 aromatic carbocycles. The monoisotopic (exact) mass is 324 g/mol. The second kappa shape index (κ2) is 4.80. The molecule has 102 valence electrons. The van der Waals surface area contributed by atoms with Crippen LogP contribution in [0.3, 0.4) is 0 Å². The molecule has 3 rings (SSSR count). The normalized spacial score (nSPS) is 17.2. The van der Waals surface area contributed by atoms with Crippen molar-refractivity contribution in [3.63, 3.8) is 0 Å².